The molecule has 0 unspecified atom stereocenters. The van der Waals surface area contributed by atoms with Crippen molar-refractivity contribution in [2.24, 2.45) is 11.3 Å². The molecule has 3 heteroatoms. The van der Waals surface area contributed by atoms with Gasteiger partial charge in [-0.15, -0.1) is 0 Å². The second-order valence-corrected chi connectivity index (χ2v) is 5.27. The molecule has 0 heterocycles. The highest BCUT2D eigenvalue weighted by molar-refractivity contribution is 5.04. The lowest BCUT2D eigenvalue weighted by atomic mass is 10.0. The van der Waals surface area contributed by atoms with Crippen LogP contribution in [0.15, 0.2) is 0 Å². The highest BCUT2D eigenvalue weighted by atomic mass is 16.5. The first kappa shape index (κ1) is 12.3. The molecule has 2 saturated carbocycles. The molecule has 0 spiro atoms. The summed E-state index contributed by atoms with van der Waals surface area (Å²) in [6.45, 7) is 4.69. The van der Waals surface area contributed by atoms with Gasteiger partial charge in [-0.1, -0.05) is 0 Å². The second kappa shape index (κ2) is 5.99. The second-order valence-electron chi connectivity index (χ2n) is 5.27. The van der Waals surface area contributed by atoms with Crippen LogP contribution in [0.2, 0.25) is 0 Å². The van der Waals surface area contributed by atoms with E-state index < -0.39 is 0 Å². The average molecular weight is 227 g/mol. The van der Waals surface area contributed by atoms with Crippen LogP contribution in [-0.2, 0) is 9.47 Å². The number of nitrogens with one attached hydrogen (secondary N) is 1. The van der Waals surface area contributed by atoms with Gasteiger partial charge < -0.3 is 14.8 Å². The van der Waals surface area contributed by atoms with E-state index in [9.17, 15) is 0 Å². The number of methoxy groups -OCH3 is 1. The molecular weight excluding hydrogens is 202 g/mol. The zero-order valence-corrected chi connectivity index (χ0v) is 10.5. The summed E-state index contributed by atoms with van der Waals surface area (Å²) in [4.78, 5) is 0. The third-order valence-electron chi connectivity index (χ3n) is 3.87. The van der Waals surface area contributed by atoms with Crippen LogP contribution in [0.4, 0.5) is 0 Å². The molecule has 16 heavy (non-hydrogen) atoms. The molecule has 2 aliphatic rings. The maximum atomic E-state index is 5.50. The summed E-state index contributed by atoms with van der Waals surface area (Å²) in [5, 5.41) is 3.54. The third-order valence-corrected chi connectivity index (χ3v) is 3.87. The number of rotatable bonds is 10. The van der Waals surface area contributed by atoms with Crippen LogP contribution in [0.25, 0.3) is 0 Å². The Kier molecular flexibility index (Phi) is 4.62. The van der Waals surface area contributed by atoms with E-state index in [4.69, 9.17) is 9.47 Å². The van der Waals surface area contributed by atoms with Crippen molar-refractivity contribution in [3.63, 3.8) is 0 Å². The largest absolute Gasteiger partial charge is 0.385 e. The van der Waals surface area contributed by atoms with E-state index in [1.165, 1.54) is 32.2 Å². The molecule has 0 aromatic rings. The molecular formula is C13H25NO2. The monoisotopic (exact) mass is 227 g/mol. The predicted molar refractivity (Wildman–Crippen MR) is 64.6 cm³/mol. The van der Waals surface area contributed by atoms with Gasteiger partial charge in [-0.3, -0.25) is 0 Å². The molecule has 2 fully saturated rings. The quantitative estimate of drug-likeness (QED) is 0.577. The zero-order chi connectivity index (χ0) is 11.3. The van der Waals surface area contributed by atoms with Crippen molar-refractivity contribution in [2.45, 2.75) is 32.1 Å². The third kappa shape index (κ3) is 3.72. The molecule has 0 bridgehead atoms. The van der Waals surface area contributed by atoms with Crippen molar-refractivity contribution in [3.8, 4) is 0 Å². The van der Waals surface area contributed by atoms with Gasteiger partial charge in [0.25, 0.3) is 0 Å². The standard InChI is InChI=1S/C13H25NO2/c1-15-8-2-9-16-10-7-14-11-13(5-6-13)12-3-4-12/h12,14H,2-11H2,1H3. The fraction of sp³-hybridized carbons (Fsp3) is 1.00. The first-order valence-corrected chi connectivity index (χ1v) is 6.65. The Bertz CT molecular complexity index is 200. The molecule has 94 valence electrons. The van der Waals surface area contributed by atoms with Crippen molar-refractivity contribution in [1.82, 2.24) is 5.32 Å². The highest BCUT2D eigenvalue weighted by Crippen LogP contribution is 2.60. The minimum Gasteiger partial charge on any atom is -0.385 e. The molecule has 0 aliphatic heterocycles. The summed E-state index contributed by atoms with van der Waals surface area (Å²) in [7, 11) is 1.73. The Morgan fingerprint density at radius 3 is 2.62 bits per heavy atom. The lowest BCUT2D eigenvalue weighted by Gasteiger charge is -2.14. The molecule has 0 saturated heterocycles. The molecule has 0 aromatic heterocycles. The van der Waals surface area contributed by atoms with Gasteiger partial charge in [-0.25, -0.2) is 0 Å². The Labute approximate surface area is 98.9 Å². The maximum absolute atomic E-state index is 5.50. The van der Waals surface area contributed by atoms with E-state index in [0.717, 1.165) is 44.1 Å². The normalized spacial score (nSPS) is 22.3. The number of hydrogen-bond acceptors (Lipinski definition) is 3. The summed E-state index contributed by atoms with van der Waals surface area (Å²) in [5.74, 6) is 1.06. The number of hydrogen-bond donors (Lipinski definition) is 1. The molecule has 0 radical (unpaired) electrons. The zero-order valence-electron chi connectivity index (χ0n) is 10.5. The van der Waals surface area contributed by atoms with Gasteiger partial charge in [-0.05, 0) is 43.4 Å². The summed E-state index contributed by atoms with van der Waals surface area (Å²) in [5.41, 5.74) is 0.718. The van der Waals surface area contributed by atoms with Crippen molar-refractivity contribution >= 4 is 0 Å². The Hall–Kier alpha value is -0.120. The average Bonchev–Trinajstić information content (AvgIpc) is 3.15. The smallest absolute Gasteiger partial charge is 0.0590 e. The molecule has 2 aliphatic carbocycles. The van der Waals surface area contributed by atoms with Crippen LogP contribution in [0.3, 0.4) is 0 Å². The van der Waals surface area contributed by atoms with Gasteiger partial charge in [0, 0.05) is 33.4 Å². The van der Waals surface area contributed by atoms with E-state index in [1.807, 2.05) is 0 Å². The van der Waals surface area contributed by atoms with Crippen LogP contribution < -0.4 is 5.32 Å². The SMILES string of the molecule is COCCCOCCNCC1(C2CC2)CC1. The van der Waals surface area contributed by atoms with E-state index in [1.54, 1.807) is 7.11 Å². The molecule has 1 N–H and O–H groups in total. The summed E-state index contributed by atoms with van der Waals surface area (Å²) in [6, 6.07) is 0. The summed E-state index contributed by atoms with van der Waals surface area (Å²) in [6.07, 6.45) is 6.88. The minimum absolute atomic E-state index is 0.718. The topological polar surface area (TPSA) is 30.5 Å². The van der Waals surface area contributed by atoms with Crippen LogP contribution in [0.1, 0.15) is 32.1 Å². The summed E-state index contributed by atoms with van der Waals surface area (Å²) < 4.78 is 10.5. The number of ether oxygens (including phenoxy) is 2. The van der Waals surface area contributed by atoms with Gasteiger partial charge in [0.05, 0.1) is 6.61 Å². The molecule has 0 aromatic carbocycles. The predicted octanol–water partition coefficient (Wildman–Crippen LogP) is 1.82. The van der Waals surface area contributed by atoms with Crippen LogP contribution in [0.5, 0.6) is 0 Å². The van der Waals surface area contributed by atoms with E-state index in [2.05, 4.69) is 5.32 Å². The van der Waals surface area contributed by atoms with Crippen molar-refractivity contribution < 1.29 is 9.47 Å². The minimum atomic E-state index is 0.718. The first-order chi connectivity index (χ1) is 7.87. The lowest BCUT2D eigenvalue weighted by Crippen LogP contribution is -2.28. The van der Waals surface area contributed by atoms with Crippen LogP contribution in [-0.4, -0.2) is 40.0 Å². The summed E-state index contributed by atoms with van der Waals surface area (Å²) >= 11 is 0. The van der Waals surface area contributed by atoms with Crippen molar-refractivity contribution in [2.75, 3.05) is 40.0 Å². The first-order valence-electron chi connectivity index (χ1n) is 6.65. The highest BCUT2D eigenvalue weighted by Gasteiger charge is 2.52. The van der Waals surface area contributed by atoms with Gasteiger partial charge in [-0.2, -0.15) is 0 Å². The molecule has 2 rings (SSSR count). The van der Waals surface area contributed by atoms with Crippen LogP contribution in [0, 0.1) is 11.3 Å². The fourth-order valence-electron chi connectivity index (χ4n) is 2.47. The van der Waals surface area contributed by atoms with E-state index in [-0.39, 0.29) is 0 Å². The lowest BCUT2D eigenvalue weighted by molar-refractivity contribution is 0.103. The van der Waals surface area contributed by atoms with Gasteiger partial charge in [0.1, 0.15) is 0 Å². The Balaban J connectivity index is 1.38. The van der Waals surface area contributed by atoms with E-state index in [0.29, 0.717) is 0 Å². The van der Waals surface area contributed by atoms with Crippen molar-refractivity contribution in [1.29, 1.82) is 0 Å². The van der Waals surface area contributed by atoms with Crippen LogP contribution >= 0.6 is 0 Å². The Morgan fingerprint density at radius 2 is 2.00 bits per heavy atom. The fourth-order valence-corrected chi connectivity index (χ4v) is 2.47. The molecule has 0 atom stereocenters. The van der Waals surface area contributed by atoms with E-state index >= 15 is 0 Å². The molecule has 0 amide bonds. The van der Waals surface area contributed by atoms with Gasteiger partial charge >= 0.3 is 0 Å². The van der Waals surface area contributed by atoms with Gasteiger partial charge in [0.15, 0.2) is 0 Å². The maximum Gasteiger partial charge on any atom is 0.0590 e. The van der Waals surface area contributed by atoms with Gasteiger partial charge in [0.2, 0.25) is 0 Å². The Morgan fingerprint density at radius 1 is 1.19 bits per heavy atom. The van der Waals surface area contributed by atoms with Crippen molar-refractivity contribution in [3.05, 3.63) is 0 Å². The molecule has 3 nitrogen and oxygen atoms in total.